The van der Waals surface area contributed by atoms with Crippen molar-refractivity contribution in [3.8, 4) is 0 Å². The Bertz CT molecular complexity index is 747. The molecule has 4 rings (SSSR count). The van der Waals surface area contributed by atoms with Crippen LogP contribution in [0.15, 0.2) is 28.9 Å². The average Bonchev–Trinajstić information content (AvgIpc) is 3.22. The fourth-order valence-electron chi connectivity index (χ4n) is 3.68. The highest BCUT2D eigenvalue weighted by Gasteiger charge is 2.25. The number of hydrogen-bond donors (Lipinski definition) is 0. The van der Waals surface area contributed by atoms with E-state index in [1.807, 2.05) is 11.8 Å². The molecule has 2 aliphatic heterocycles. The maximum Gasteiger partial charge on any atom is 0.289 e. The van der Waals surface area contributed by atoms with Crippen molar-refractivity contribution >= 4 is 17.5 Å². The Kier molecular flexibility index (Phi) is 4.77. The minimum atomic E-state index is -0.0393. The molecule has 0 unspecified atom stereocenters. The van der Waals surface area contributed by atoms with Crippen LogP contribution in [0.25, 0.3) is 0 Å². The smallest absolute Gasteiger partial charge is 0.289 e. The van der Waals surface area contributed by atoms with Crippen LogP contribution in [0, 0.1) is 6.92 Å². The minimum absolute atomic E-state index is 0.0393. The number of carbonyl (C=O) groups excluding carboxylic acids is 1. The fourth-order valence-corrected chi connectivity index (χ4v) is 3.68. The van der Waals surface area contributed by atoms with Crippen molar-refractivity contribution in [2.75, 3.05) is 49.1 Å². The van der Waals surface area contributed by atoms with Crippen LogP contribution in [-0.4, -0.2) is 60.0 Å². The quantitative estimate of drug-likeness (QED) is 0.842. The number of piperidine rings is 1. The van der Waals surface area contributed by atoms with Crippen LogP contribution in [0.5, 0.6) is 0 Å². The third kappa shape index (κ3) is 3.52. The van der Waals surface area contributed by atoms with Crippen LogP contribution >= 0.6 is 0 Å². The first-order valence-electron chi connectivity index (χ1n) is 9.39. The molecule has 0 aromatic carbocycles. The van der Waals surface area contributed by atoms with Crippen molar-refractivity contribution in [1.29, 1.82) is 0 Å². The van der Waals surface area contributed by atoms with Gasteiger partial charge in [0.2, 0.25) is 0 Å². The standard InChI is InChI=1S/C19H25N5O2/c1-15-20-17(22-7-3-2-4-8-22)14-18(21-15)23-9-11-24(12-10-23)19(25)16-6-5-13-26-16/h5-6,13-14H,2-4,7-12H2,1H3. The van der Waals surface area contributed by atoms with E-state index in [-0.39, 0.29) is 5.91 Å². The number of amides is 1. The van der Waals surface area contributed by atoms with Crippen LogP contribution < -0.4 is 9.80 Å². The summed E-state index contributed by atoms with van der Waals surface area (Å²) < 4.78 is 5.23. The van der Waals surface area contributed by atoms with Crippen molar-refractivity contribution < 1.29 is 9.21 Å². The molecular formula is C19H25N5O2. The lowest BCUT2D eigenvalue weighted by Gasteiger charge is -2.35. The predicted molar refractivity (Wildman–Crippen MR) is 99.7 cm³/mol. The molecule has 0 aliphatic carbocycles. The van der Waals surface area contributed by atoms with Crippen LogP contribution in [0.1, 0.15) is 35.6 Å². The van der Waals surface area contributed by atoms with Gasteiger partial charge in [0, 0.05) is 45.3 Å². The zero-order chi connectivity index (χ0) is 17.9. The van der Waals surface area contributed by atoms with E-state index in [4.69, 9.17) is 4.42 Å². The summed E-state index contributed by atoms with van der Waals surface area (Å²) in [6.07, 6.45) is 5.30. The molecular weight excluding hydrogens is 330 g/mol. The molecule has 4 heterocycles. The molecule has 138 valence electrons. The van der Waals surface area contributed by atoms with E-state index in [1.165, 1.54) is 25.5 Å². The lowest BCUT2D eigenvalue weighted by Crippen LogP contribution is -2.49. The second-order valence-corrected chi connectivity index (χ2v) is 6.94. The second-order valence-electron chi connectivity index (χ2n) is 6.94. The molecule has 2 saturated heterocycles. The molecule has 0 saturated carbocycles. The van der Waals surface area contributed by atoms with E-state index in [1.54, 1.807) is 12.1 Å². The zero-order valence-electron chi connectivity index (χ0n) is 15.2. The van der Waals surface area contributed by atoms with E-state index >= 15 is 0 Å². The predicted octanol–water partition coefficient (Wildman–Crippen LogP) is 2.33. The number of carbonyl (C=O) groups is 1. The zero-order valence-corrected chi connectivity index (χ0v) is 15.2. The summed E-state index contributed by atoms with van der Waals surface area (Å²) >= 11 is 0. The van der Waals surface area contributed by atoms with Gasteiger partial charge in [-0.2, -0.15) is 0 Å². The van der Waals surface area contributed by atoms with E-state index in [0.717, 1.165) is 43.6 Å². The van der Waals surface area contributed by atoms with Gasteiger partial charge in [-0.25, -0.2) is 9.97 Å². The number of rotatable bonds is 3. The van der Waals surface area contributed by atoms with Gasteiger partial charge < -0.3 is 19.1 Å². The van der Waals surface area contributed by atoms with E-state index in [9.17, 15) is 4.79 Å². The summed E-state index contributed by atoms with van der Waals surface area (Å²) in [6, 6.07) is 5.56. The first-order chi connectivity index (χ1) is 12.7. The Morgan fingerprint density at radius 3 is 2.23 bits per heavy atom. The highest BCUT2D eigenvalue weighted by molar-refractivity contribution is 5.91. The Morgan fingerprint density at radius 2 is 1.62 bits per heavy atom. The summed E-state index contributed by atoms with van der Waals surface area (Å²) in [6.45, 7) is 6.96. The van der Waals surface area contributed by atoms with Crippen molar-refractivity contribution in [2.24, 2.45) is 0 Å². The monoisotopic (exact) mass is 355 g/mol. The SMILES string of the molecule is Cc1nc(N2CCCCC2)cc(N2CCN(C(=O)c3ccco3)CC2)n1. The molecule has 0 spiro atoms. The normalized spacial score (nSPS) is 18.3. The molecule has 2 aliphatic rings. The number of furan rings is 1. The highest BCUT2D eigenvalue weighted by Crippen LogP contribution is 2.23. The van der Waals surface area contributed by atoms with E-state index in [0.29, 0.717) is 18.8 Å². The Labute approximate surface area is 153 Å². The van der Waals surface area contributed by atoms with Gasteiger partial charge in [-0.1, -0.05) is 0 Å². The summed E-state index contributed by atoms with van der Waals surface area (Å²) in [7, 11) is 0. The van der Waals surface area contributed by atoms with Crippen LogP contribution in [0.3, 0.4) is 0 Å². The Hall–Kier alpha value is -2.57. The van der Waals surface area contributed by atoms with Gasteiger partial charge in [0.1, 0.15) is 17.5 Å². The number of aromatic nitrogens is 2. The molecule has 0 N–H and O–H groups in total. The molecule has 0 radical (unpaired) electrons. The van der Waals surface area contributed by atoms with Crippen molar-refractivity contribution in [1.82, 2.24) is 14.9 Å². The van der Waals surface area contributed by atoms with Crippen molar-refractivity contribution in [3.05, 3.63) is 36.0 Å². The maximum absolute atomic E-state index is 12.4. The summed E-state index contributed by atoms with van der Waals surface area (Å²) in [4.78, 5) is 28.1. The third-order valence-electron chi connectivity index (χ3n) is 5.11. The molecule has 2 aromatic rings. The van der Waals surface area contributed by atoms with Crippen LogP contribution in [0.2, 0.25) is 0 Å². The van der Waals surface area contributed by atoms with Gasteiger partial charge in [0.05, 0.1) is 6.26 Å². The number of aryl methyl sites for hydroxylation is 1. The molecule has 0 atom stereocenters. The largest absolute Gasteiger partial charge is 0.459 e. The summed E-state index contributed by atoms with van der Waals surface area (Å²) in [5.41, 5.74) is 0. The van der Waals surface area contributed by atoms with Gasteiger partial charge in [-0.15, -0.1) is 0 Å². The molecule has 1 amide bonds. The van der Waals surface area contributed by atoms with Gasteiger partial charge in [0.25, 0.3) is 5.91 Å². The van der Waals surface area contributed by atoms with E-state index in [2.05, 4.69) is 25.8 Å². The number of piperazine rings is 1. The average molecular weight is 355 g/mol. The number of hydrogen-bond acceptors (Lipinski definition) is 6. The molecule has 7 nitrogen and oxygen atoms in total. The Morgan fingerprint density at radius 1 is 0.962 bits per heavy atom. The van der Waals surface area contributed by atoms with Gasteiger partial charge in [-0.05, 0) is 38.3 Å². The first kappa shape index (κ1) is 16.9. The van der Waals surface area contributed by atoms with Crippen LogP contribution in [-0.2, 0) is 0 Å². The minimum Gasteiger partial charge on any atom is -0.459 e. The summed E-state index contributed by atoms with van der Waals surface area (Å²) in [5, 5.41) is 0. The van der Waals surface area contributed by atoms with Gasteiger partial charge in [0.15, 0.2) is 5.76 Å². The van der Waals surface area contributed by atoms with E-state index < -0.39 is 0 Å². The topological polar surface area (TPSA) is 65.7 Å². The third-order valence-corrected chi connectivity index (χ3v) is 5.11. The van der Waals surface area contributed by atoms with Crippen molar-refractivity contribution in [3.63, 3.8) is 0 Å². The van der Waals surface area contributed by atoms with Crippen LogP contribution in [0.4, 0.5) is 11.6 Å². The molecule has 2 fully saturated rings. The fraction of sp³-hybridized carbons (Fsp3) is 0.526. The number of nitrogens with zero attached hydrogens (tertiary/aromatic N) is 5. The molecule has 7 heteroatoms. The molecule has 26 heavy (non-hydrogen) atoms. The number of anilines is 2. The highest BCUT2D eigenvalue weighted by atomic mass is 16.3. The second kappa shape index (κ2) is 7.35. The molecule has 0 bridgehead atoms. The first-order valence-corrected chi connectivity index (χ1v) is 9.39. The lowest BCUT2D eigenvalue weighted by atomic mass is 10.1. The lowest BCUT2D eigenvalue weighted by molar-refractivity contribution is 0.0714. The van der Waals surface area contributed by atoms with Crippen molar-refractivity contribution in [2.45, 2.75) is 26.2 Å². The molecule has 2 aromatic heterocycles. The summed E-state index contributed by atoms with van der Waals surface area (Å²) in [5.74, 6) is 3.16. The van der Waals surface area contributed by atoms with Gasteiger partial charge >= 0.3 is 0 Å². The van der Waals surface area contributed by atoms with Gasteiger partial charge in [-0.3, -0.25) is 4.79 Å². The maximum atomic E-state index is 12.4. The Balaban J connectivity index is 1.44.